The molecule has 0 aliphatic carbocycles. The number of fused-ring (bicyclic) bond motifs is 1. The van der Waals surface area contributed by atoms with E-state index < -0.39 is 0 Å². The number of amides is 1. The molecule has 0 N–H and O–H groups in total. The molecular formula is C23H22N4O3. The van der Waals surface area contributed by atoms with Gasteiger partial charge >= 0.3 is 0 Å². The first-order valence-electron chi connectivity index (χ1n) is 10.1. The van der Waals surface area contributed by atoms with E-state index in [4.69, 9.17) is 14.5 Å². The Bertz CT molecular complexity index is 1090. The normalized spacial score (nSPS) is 17.8. The minimum absolute atomic E-state index is 0.00855. The van der Waals surface area contributed by atoms with Gasteiger partial charge in [0.15, 0.2) is 11.5 Å². The van der Waals surface area contributed by atoms with Crippen LogP contribution in [0.1, 0.15) is 40.6 Å². The molecule has 5 rings (SSSR count). The van der Waals surface area contributed by atoms with Gasteiger partial charge < -0.3 is 14.4 Å². The van der Waals surface area contributed by atoms with Crippen LogP contribution in [0, 0.1) is 6.92 Å². The quantitative estimate of drug-likeness (QED) is 0.666. The number of likely N-dealkylation sites (tertiary alicyclic amines) is 1. The number of hydrogen-bond acceptors (Lipinski definition) is 6. The number of nitrogens with zero attached hydrogens (tertiary/aromatic N) is 4. The highest BCUT2D eigenvalue weighted by Crippen LogP contribution is 2.35. The summed E-state index contributed by atoms with van der Waals surface area (Å²) >= 11 is 0. The number of piperidine rings is 1. The maximum atomic E-state index is 13.2. The molecule has 2 aliphatic heterocycles. The van der Waals surface area contributed by atoms with Crippen molar-refractivity contribution in [2.75, 3.05) is 19.9 Å². The Labute approximate surface area is 174 Å². The van der Waals surface area contributed by atoms with Crippen LogP contribution in [-0.4, -0.2) is 45.6 Å². The van der Waals surface area contributed by atoms with Gasteiger partial charge in [0.05, 0.1) is 5.69 Å². The Morgan fingerprint density at radius 3 is 2.83 bits per heavy atom. The number of aryl methyl sites for hydroxylation is 1. The third-order valence-electron chi connectivity index (χ3n) is 5.64. The number of pyridine rings is 1. The minimum atomic E-state index is 0.00855. The van der Waals surface area contributed by atoms with E-state index in [1.807, 2.05) is 30.2 Å². The van der Waals surface area contributed by atoms with E-state index in [1.165, 1.54) is 0 Å². The van der Waals surface area contributed by atoms with Crippen molar-refractivity contribution in [3.8, 4) is 22.6 Å². The van der Waals surface area contributed by atoms with Crippen LogP contribution in [0.15, 0.2) is 48.9 Å². The van der Waals surface area contributed by atoms with Gasteiger partial charge in [0.2, 0.25) is 6.79 Å². The molecule has 152 valence electrons. The highest BCUT2D eigenvalue weighted by molar-refractivity contribution is 5.95. The molecule has 2 aromatic heterocycles. The van der Waals surface area contributed by atoms with Crippen LogP contribution in [0.5, 0.6) is 11.5 Å². The van der Waals surface area contributed by atoms with Crippen LogP contribution in [0.3, 0.4) is 0 Å². The van der Waals surface area contributed by atoms with Crippen molar-refractivity contribution >= 4 is 5.91 Å². The summed E-state index contributed by atoms with van der Waals surface area (Å²) in [6.07, 6.45) is 7.34. The topological polar surface area (TPSA) is 77.4 Å². The van der Waals surface area contributed by atoms with E-state index in [0.717, 1.165) is 42.0 Å². The second kappa shape index (κ2) is 7.74. The lowest BCUT2D eigenvalue weighted by Gasteiger charge is -2.33. The summed E-state index contributed by atoms with van der Waals surface area (Å²) in [7, 11) is 0. The molecule has 1 saturated heterocycles. The van der Waals surface area contributed by atoms with E-state index in [0.29, 0.717) is 23.6 Å². The fourth-order valence-electron chi connectivity index (χ4n) is 4.15. The molecule has 0 bridgehead atoms. The van der Waals surface area contributed by atoms with Crippen molar-refractivity contribution in [3.05, 3.63) is 66.0 Å². The first-order chi connectivity index (χ1) is 14.7. The Morgan fingerprint density at radius 2 is 1.97 bits per heavy atom. The number of rotatable bonds is 3. The zero-order valence-corrected chi connectivity index (χ0v) is 16.7. The van der Waals surface area contributed by atoms with Gasteiger partial charge in [-0.3, -0.25) is 9.78 Å². The molecule has 2 aliphatic rings. The van der Waals surface area contributed by atoms with Crippen molar-refractivity contribution in [1.29, 1.82) is 0 Å². The van der Waals surface area contributed by atoms with Crippen LogP contribution in [0.2, 0.25) is 0 Å². The largest absolute Gasteiger partial charge is 0.454 e. The zero-order valence-electron chi connectivity index (χ0n) is 16.7. The van der Waals surface area contributed by atoms with Gasteiger partial charge in [-0.2, -0.15) is 0 Å². The van der Waals surface area contributed by atoms with E-state index >= 15 is 0 Å². The molecule has 0 spiro atoms. The fourth-order valence-corrected chi connectivity index (χ4v) is 4.15. The summed E-state index contributed by atoms with van der Waals surface area (Å²) in [6.45, 7) is 3.46. The van der Waals surface area contributed by atoms with E-state index in [2.05, 4.69) is 9.97 Å². The van der Waals surface area contributed by atoms with Gasteiger partial charge in [-0.25, -0.2) is 9.97 Å². The Hall–Kier alpha value is -3.48. The average Bonchev–Trinajstić information content (AvgIpc) is 3.27. The smallest absolute Gasteiger partial charge is 0.254 e. The second-order valence-corrected chi connectivity index (χ2v) is 7.61. The lowest BCUT2D eigenvalue weighted by atomic mass is 9.89. The molecule has 3 aromatic rings. The predicted octanol–water partition coefficient (Wildman–Crippen LogP) is 3.60. The van der Waals surface area contributed by atoms with E-state index in [-0.39, 0.29) is 18.6 Å². The van der Waals surface area contributed by atoms with Gasteiger partial charge in [0.1, 0.15) is 5.82 Å². The van der Waals surface area contributed by atoms with Crippen LogP contribution < -0.4 is 9.47 Å². The molecule has 30 heavy (non-hydrogen) atoms. The molecule has 0 radical (unpaired) electrons. The first kappa shape index (κ1) is 18.5. The number of benzene rings is 1. The van der Waals surface area contributed by atoms with Crippen molar-refractivity contribution in [2.24, 2.45) is 0 Å². The zero-order chi connectivity index (χ0) is 20.5. The van der Waals surface area contributed by atoms with E-state index in [1.54, 1.807) is 30.6 Å². The number of aromatic nitrogens is 3. The third-order valence-corrected chi connectivity index (χ3v) is 5.64. The second-order valence-electron chi connectivity index (χ2n) is 7.61. The maximum absolute atomic E-state index is 13.2. The summed E-state index contributed by atoms with van der Waals surface area (Å²) < 4.78 is 10.8. The molecule has 1 unspecified atom stereocenters. The molecule has 1 amide bonds. The molecule has 7 heteroatoms. The molecule has 0 saturated carbocycles. The number of ether oxygens (including phenoxy) is 2. The van der Waals surface area contributed by atoms with Gasteiger partial charge in [0, 0.05) is 48.7 Å². The monoisotopic (exact) mass is 402 g/mol. The van der Waals surface area contributed by atoms with Crippen molar-refractivity contribution < 1.29 is 14.3 Å². The summed E-state index contributed by atoms with van der Waals surface area (Å²) in [5.74, 6) is 2.21. The highest BCUT2D eigenvalue weighted by atomic mass is 16.7. The van der Waals surface area contributed by atoms with Crippen LogP contribution in [0.4, 0.5) is 0 Å². The summed E-state index contributed by atoms with van der Waals surface area (Å²) in [4.78, 5) is 28.4. The van der Waals surface area contributed by atoms with Crippen LogP contribution in [0.25, 0.3) is 11.1 Å². The van der Waals surface area contributed by atoms with Crippen LogP contribution in [-0.2, 0) is 0 Å². The maximum Gasteiger partial charge on any atom is 0.254 e. The first-order valence-corrected chi connectivity index (χ1v) is 10.1. The SMILES string of the molecule is Cc1ncc(-c2ccncc2)c(C2CCCN(C(=O)c3ccc4c(c3)OCO4)C2)n1. The Balaban J connectivity index is 1.42. The lowest BCUT2D eigenvalue weighted by Crippen LogP contribution is -2.39. The molecule has 7 nitrogen and oxygen atoms in total. The predicted molar refractivity (Wildman–Crippen MR) is 110 cm³/mol. The molecular weight excluding hydrogens is 380 g/mol. The number of hydrogen-bond donors (Lipinski definition) is 0. The van der Waals surface area contributed by atoms with Gasteiger partial charge in [0.25, 0.3) is 5.91 Å². The molecule has 1 fully saturated rings. The van der Waals surface area contributed by atoms with Crippen molar-refractivity contribution in [2.45, 2.75) is 25.7 Å². The molecule has 1 atom stereocenters. The molecule has 1 aromatic carbocycles. The fraction of sp³-hybridized carbons (Fsp3) is 0.304. The summed E-state index contributed by atoms with van der Waals surface area (Å²) in [5, 5.41) is 0. The van der Waals surface area contributed by atoms with Crippen molar-refractivity contribution in [3.63, 3.8) is 0 Å². The summed E-state index contributed by atoms with van der Waals surface area (Å²) in [5.41, 5.74) is 3.66. The number of carbonyl (C=O) groups excluding carboxylic acids is 1. The summed E-state index contributed by atoms with van der Waals surface area (Å²) in [6, 6.07) is 9.31. The Morgan fingerprint density at radius 1 is 1.13 bits per heavy atom. The van der Waals surface area contributed by atoms with Crippen molar-refractivity contribution in [1.82, 2.24) is 19.9 Å². The standard InChI is InChI=1S/C23H22N4O3/c1-15-25-12-19(16-6-8-24-9-7-16)22(26-15)18-3-2-10-27(13-18)23(28)17-4-5-20-21(11-17)30-14-29-20/h4-9,11-12,18H,2-3,10,13-14H2,1H3. The van der Waals surface area contributed by atoms with Crippen LogP contribution >= 0.6 is 0 Å². The van der Waals surface area contributed by atoms with Gasteiger partial charge in [-0.15, -0.1) is 0 Å². The van der Waals surface area contributed by atoms with Gasteiger partial charge in [-0.05, 0) is 55.7 Å². The average molecular weight is 402 g/mol. The number of carbonyl (C=O) groups is 1. The van der Waals surface area contributed by atoms with E-state index in [9.17, 15) is 4.79 Å². The minimum Gasteiger partial charge on any atom is -0.454 e. The Kier molecular flexibility index (Phi) is 4.78. The third kappa shape index (κ3) is 3.47. The lowest BCUT2D eigenvalue weighted by molar-refractivity contribution is 0.0705. The molecule has 4 heterocycles. The van der Waals surface area contributed by atoms with Gasteiger partial charge in [-0.1, -0.05) is 0 Å². The highest BCUT2D eigenvalue weighted by Gasteiger charge is 2.29.